The lowest BCUT2D eigenvalue weighted by molar-refractivity contribution is -0.133. The first-order chi connectivity index (χ1) is 17.1. The van der Waals surface area contributed by atoms with Crippen molar-refractivity contribution >= 4 is 23.6 Å². The molecule has 0 saturated carbocycles. The summed E-state index contributed by atoms with van der Waals surface area (Å²) in [6.07, 6.45) is 3.44. The second-order valence-corrected chi connectivity index (χ2v) is 8.80. The van der Waals surface area contributed by atoms with E-state index in [1.54, 1.807) is 12.1 Å². The minimum Gasteiger partial charge on any atom is -0.508 e. The van der Waals surface area contributed by atoms with Crippen LogP contribution in [0.2, 0.25) is 0 Å². The standard InChI is InChI=1S/C24H41N7O5/c1-15(21(28)33)29-24(36)20(14-16-8-10-17(32)11-9-16)31-23(35)19(7-3-5-13-26)30-22(34)18(27)6-2-4-12-25/h8-11,15,18-20,32H,2-7,12-14,25-27H2,1H3,(H2,28,33)(H,29,36)(H,30,34)(H,31,35)/t15-,18+,19+,20+/m1/s1. The minimum atomic E-state index is -1.07. The highest BCUT2D eigenvalue weighted by atomic mass is 16.3. The van der Waals surface area contributed by atoms with Crippen molar-refractivity contribution in [2.45, 2.75) is 76.0 Å². The first-order valence-corrected chi connectivity index (χ1v) is 12.2. The fourth-order valence-corrected chi connectivity index (χ4v) is 3.41. The normalized spacial score (nSPS) is 14.2. The van der Waals surface area contributed by atoms with Gasteiger partial charge in [-0.05, 0) is 69.8 Å². The Balaban J connectivity index is 3.02. The van der Waals surface area contributed by atoms with E-state index in [2.05, 4.69) is 16.0 Å². The summed E-state index contributed by atoms with van der Waals surface area (Å²) in [5, 5.41) is 17.4. The highest BCUT2D eigenvalue weighted by Crippen LogP contribution is 2.12. The first kappa shape index (κ1) is 30.8. The molecular formula is C24H41N7O5. The average molecular weight is 508 g/mol. The van der Waals surface area contributed by atoms with Crippen LogP contribution in [0.3, 0.4) is 0 Å². The number of phenolic OH excluding ortho intramolecular Hbond substituents is 1. The lowest BCUT2D eigenvalue weighted by atomic mass is 10.0. The molecule has 202 valence electrons. The van der Waals surface area contributed by atoms with E-state index in [9.17, 15) is 24.3 Å². The molecule has 0 spiro atoms. The number of hydrogen-bond donors (Lipinski definition) is 8. The van der Waals surface area contributed by atoms with Crippen LogP contribution >= 0.6 is 0 Å². The zero-order valence-corrected chi connectivity index (χ0v) is 20.9. The van der Waals surface area contributed by atoms with Crippen molar-refractivity contribution in [3.8, 4) is 5.75 Å². The third kappa shape index (κ3) is 11.5. The average Bonchev–Trinajstić information content (AvgIpc) is 2.84. The molecule has 0 aromatic heterocycles. The first-order valence-electron chi connectivity index (χ1n) is 12.2. The summed E-state index contributed by atoms with van der Waals surface area (Å²) in [7, 11) is 0. The fraction of sp³-hybridized carbons (Fsp3) is 0.583. The number of hydrogen-bond acceptors (Lipinski definition) is 8. The molecule has 12 N–H and O–H groups in total. The van der Waals surface area contributed by atoms with Gasteiger partial charge in [0.05, 0.1) is 6.04 Å². The van der Waals surface area contributed by atoms with E-state index >= 15 is 0 Å². The number of nitrogens with one attached hydrogen (secondary N) is 3. The molecule has 0 radical (unpaired) electrons. The van der Waals surface area contributed by atoms with E-state index < -0.39 is 47.8 Å². The predicted octanol–water partition coefficient (Wildman–Crippen LogP) is -1.52. The zero-order chi connectivity index (χ0) is 27.1. The minimum absolute atomic E-state index is 0.0524. The summed E-state index contributed by atoms with van der Waals surface area (Å²) in [5.74, 6) is -2.33. The number of phenols is 1. The summed E-state index contributed by atoms with van der Waals surface area (Å²) >= 11 is 0. The highest BCUT2D eigenvalue weighted by Gasteiger charge is 2.29. The molecule has 0 aliphatic carbocycles. The van der Waals surface area contributed by atoms with Crippen LogP contribution in [-0.2, 0) is 25.6 Å². The van der Waals surface area contributed by atoms with Gasteiger partial charge in [-0.1, -0.05) is 18.6 Å². The fourth-order valence-electron chi connectivity index (χ4n) is 3.41. The number of rotatable bonds is 17. The Bertz CT molecular complexity index is 850. The number of aromatic hydroxyl groups is 1. The maximum absolute atomic E-state index is 13.2. The number of amides is 4. The molecule has 0 aliphatic heterocycles. The van der Waals surface area contributed by atoms with Gasteiger partial charge < -0.3 is 44.0 Å². The lowest BCUT2D eigenvalue weighted by Crippen LogP contribution is -2.57. The maximum Gasteiger partial charge on any atom is 0.243 e. The van der Waals surface area contributed by atoms with Crippen LogP contribution in [0.1, 0.15) is 51.0 Å². The van der Waals surface area contributed by atoms with Gasteiger partial charge in [-0.15, -0.1) is 0 Å². The molecule has 36 heavy (non-hydrogen) atoms. The lowest BCUT2D eigenvalue weighted by Gasteiger charge is -2.25. The van der Waals surface area contributed by atoms with Crippen molar-refractivity contribution in [2.75, 3.05) is 13.1 Å². The molecule has 0 saturated heterocycles. The monoisotopic (exact) mass is 507 g/mol. The van der Waals surface area contributed by atoms with Crippen molar-refractivity contribution in [3.63, 3.8) is 0 Å². The summed E-state index contributed by atoms with van der Waals surface area (Å²) in [4.78, 5) is 50.2. The molecular weight excluding hydrogens is 466 g/mol. The van der Waals surface area contributed by atoms with Crippen molar-refractivity contribution in [2.24, 2.45) is 22.9 Å². The molecule has 1 aromatic rings. The Morgan fingerprint density at radius 3 is 1.89 bits per heavy atom. The summed E-state index contributed by atoms with van der Waals surface area (Å²) in [6.45, 7) is 2.36. The number of primary amides is 1. The van der Waals surface area contributed by atoms with Crippen molar-refractivity contribution in [3.05, 3.63) is 29.8 Å². The number of benzene rings is 1. The molecule has 12 nitrogen and oxygen atoms in total. The third-order valence-electron chi connectivity index (χ3n) is 5.68. The Kier molecular flexibility index (Phi) is 14.1. The summed E-state index contributed by atoms with van der Waals surface area (Å²) in [6, 6.07) is 2.38. The number of carbonyl (C=O) groups excluding carboxylic acids is 4. The van der Waals surface area contributed by atoms with Crippen LogP contribution in [-0.4, -0.2) is 66.0 Å². The highest BCUT2D eigenvalue weighted by molar-refractivity contribution is 5.94. The molecule has 12 heteroatoms. The van der Waals surface area contributed by atoms with E-state index in [4.69, 9.17) is 22.9 Å². The van der Waals surface area contributed by atoms with Gasteiger partial charge in [0.1, 0.15) is 23.9 Å². The van der Waals surface area contributed by atoms with Crippen LogP contribution < -0.4 is 38.9 Å². The SMILES string of the molecule is C[C@@H](NC(=O)[C@H](Cc1ccc(O)cc1)NC(=O)[C@H](CCCCN)NC(=O)[C@@H](N)CCCCN)C(N)=O. The van der Waals surface area contributed by atoms with Gasteiger partial charge in [0, 0.05) is 6.42 Å². The molecule has 0 unspecified atom stereocenters. The van der Waals surface area contributed by atoms with Gasteiger partial charge >= 0.3 is 0 Å². The Morgan fingerprint density at radius 2 is 1.33 bits per heavy atom. The Labute approximate surface area is 211 Å². The molecule has 0 bridgehead atoms. The zero-order valence-electron chi connectivity index (χ0n) is 20.9. The second-order valence-electron chi connectivity index (χ2n) is 8.80. The van der Waals surface area contributed by atoms with E-state index in [1.165, 1.54) is 19.1 Å². The topological polar surface area (TPSA) is 229 Å². The van der Waals surface area contributed by atoms with Crippen molar-refractivity contribution in [1.82, 2.24) is 16.0 Å². The van der Waals surface area contributed by atoms with Crippen LogP contribution in [0, 0.1) is 0 Å². The van der Waals surface area contributed by atoms with Gasteiger partial charge in [-0.3, -0.25) is 19.2 Å². The molecule has 1 aromatic carbocycles. The smallest absolute Gasteiger partial charge is 0.243 e. The molecule has 4 atom stereocenters. The summed E-state index contributed by atoms with van der Waals surface area (Å²) < 4.78 is 0. The quantitative estimate of drug-likeness (QED) is 0.115. The van der Waals surface area contributed by atoms with Gasteiger partial charge in [0.25, 0.3) is 0 Å². The Hall–Kier alpha value is -3.22. The van der Waals surface area contributed by atoms with E-state index in [1.807, 2.05) is 0 Å². The van der Waals surface area contributed by atoms with Gasteiger partial charge in [0.15, 0.2) is 0 Å². The molecule has 0 heterocycles. The van der Waals surface area contributed by atoms with Gasteiger partial charge in [-0.25, -0.2) is 0 Å². The molecule has 4 amide bonds. The van der Waals surface area contributed by atoms with Crippen molar-refractivity contribution in [1.29, 1.82) is 0 Å². The van der Waals surface area contributed by atoms with E-state index in [-0.39, 0.29) is 12.2 Å². The van der Waals surface area contributed by atoms with Crippen LogP contribution in [0.25, 0.3) is 0 Å². The number of carbonyl (C=O) groups is 4. The summed E-state index contributed by atoms with van der Waals surface area (Å²) in [5.41, 5.74) is 22.9. The Morgan fingerprint density at radius 1 is 0.806 bits per heavy atom. The molecule has 0 fully saturated rings. The maximum atomic E-state index is 13.2. The van der Waals surface area contributed by atoms with Crippen LogP contribution in [0.5, 0.6) is 5.75 Å². The predicted molar refractivity (Wildman–Crippen MR) is 136 cm³/mol. The van der Waals surface area contributed by atoms with Crippen molar-refractivity contribution < 1.29 is 24.3 Å². The second kappa shape index (κ2) is 16.5. The largest absolute Gasteiger partial charge is 0.508 e. The number of nitrogens with two attached hydrogens (primary N) is 4. The van der Waals surface area contributed by atoms with Gasteiger partial charge in [-0.2, -0.15) is 0 Å². The number of unbranched alkanes of at least 4 members (excludes halogenated alkanes) is 2. The van der Waals surface area contributed by atoms with Gasteiger partial charge in [0.2, 0.25) is 23.6 Å². The van der Waals surface area contributed by atoms with Crippen LogP contribution in [0.15, 0.2) is 24.3 Å². The van der Waals surface area contributed by atoms with E-state index in [0.717, 1.165) is 6.42 Å². The molecule has 1 rings (SSSR count). The van der Waals surface area contributed by atoms with E-state index in [0.29, 0.717) is 50.8 Å². The molecule has 0 aliphatic rings. The third-order valence-corrected chi connectivity index (χ3v) is 5.68. The van der Waals surface area contributed by atoms with Crippen LogP contribution in [0.4, 0.5) is 0 Å².